The Bertz CT molecular complexity index is 1070. The van der Waals surface area contributed by atoms with Crippen LogP contribution in [0.15, 0.2) is 88.9 Å². The van der Waals surface area contributed by atoms with E-state index in [4.69, 9.17) is 0 Å². The van der Waals surface area contributed by atoms with Gasteiger partial charge in [-0.2, -0.15) is 0 Å². The smallest absolute Gasteiger partial charge is 0.309 e. The van der Waals surface area contributed by atoms with E-state index in [0.717, 1.165) is 23.1 Å². The van der Waals surface area contributed by atoms with Crippen molar-refractivity contribution in [3.8, 4) is 0 Å². The number of hydrogen-bond donors (Lipinski definition) is 2. The van der Waals surface area contributed by atoms with Gasteiger partial charge in [-0.1, -0.05) is 66.8 Å². The first kappa shape index (κ1) is 26.6. The van der Waals surface area contributed by atoms with Gasteiger partial charge in [0.1, 0.15) is 0 Å². The number of rotatable bonds is 11. The summed E-state index contributed by atoms with van der Waals surface area (Å²) in [5.41, 5.74) is 2.10. The monoisotopic (exact) mass is 469 g/mol. The van der Waals surface area contributed by atoms with Crippen LogP contribution in [0.2, 0.25) is 0 Å². The molecule has 0 heterocycles. The summed E-state index contributed by atoms with van der Waals surface area (Å²) < 4.78 is 28.1. The molecular formula is C27H35NO4S. The van der Waals surface area contributed by atoms with Crippen molar-refractivity contribution in [2.75, 3.05) is 6.54 Å². The second-order valence-electron chi connectivity index (χ2n) is 8.91. The van der Waals surface area contributed by atoms with Crippen molar-refractivity contribution in [3.05, 3.63) is 94.5 Å². The summed E-state index contributed by atoms with van der Waals surface area (Å²) in [4.78, 5) is 12.1. The second kappa shape index (κ2) is 12.0. The molecule has 5 nitrogen and oxygen atoms in total. The molecule has 1 aliphatic carbocycles. The molecule has 1 aromatic rings. The molecule has 178 valence electrons. The molecule has 0 amide bonds. The fourth-order valence-electron chi connectivity index (χ4n) is 3.57. The van der Waals surface area contributed by atoms with E-state index in [1.54, 1.807) is 26.8 Å². The van der Waals surface area contributed by atoms with Crippen LogP contribution in [0.3, 0.4) is 0 Å². The zero-order chi connectivity index (χ0) is 24.5. The van der Waals surface area contributed by atoms with Gasteiger partial charge in [0, 0.05) is 6.54 Å². The average Bonchev–Trinajstić information content (AvgIpc) is 3.06. The normalized spacial score (nSPS) is 16.3. The lowest BCUT2D eigenvalue weighted by Gasteiger charge is -2.31. The third-order valence-electron chi connectivity index (χ3n) is 6.13. The number of carboxylic acid groups (broad SMARTS) is 1. The summed E-state index contributed by atoms with van der Waals surface area (Å²) in [7, 11) is -3.66. The lowest BCUT2D eigenvalue weighted by atomic mass is 9.74. The Kier molecular flexibility index (Phi) is 9.62. The van der Waals surface area contributed by atoms with Crippen LogP contribution in [-0.2, 0) is 21.2 Å². The maximum atomic E-state index is 12.7. The molecule has 0 radical (unpaired) electrons. The van der Waals surface area contributed by atoms with Crippen LogP contribution in [0.25, 0.3) is 0 Å². The van der Waals surface area contributed by atoms with Crippen LogP contribution in [0.5, 0.6) is 0 Å². The number of aliphatic carboxylic acids is 1. The molecule has 1 unspecified atom stereocenters. The molecule has 0 saturated carbocycles. The van der Waals surface area contributed by atoms with E-state index in [1.165, 1.54) is 0 Å². The van der Waals surface area contributed by atoms with E-state index in [0.29, 0.717) is 12.8 Å². The fraction of sp³-hybridized carbons (Fsp3) is 0.370. The summed E-state index contributed by atoms with van der Waals surface area (Å²) in [6.07, 6.45) is 15.3. The van der Waals surface area contributed by atoms with E-state index in [1.807, 2.05) is 61.6 Å². The van der Waals surface area contributed by atoms with Crippen LogP contribution in [0, 0.1) is 11.3 Å². The van der Waals surface area contributed by atoms with Crippen LogP contribution < -0.4 is 4.72 Å². The maximum absolute atomic E-state index is 12.7. The highest BCUT2D eigenvalue weighted by Crippen LogP contribution is 2.32. The predicted molar refractivity (Wildman–Crippen MR) is 135 cm³/mol. The topological polar surface area (TPSA) is 83.5 Å². The molecular weight excluding hydrogens is 434 g/mol. The first-order valence-electron chi connectivity index (χ1n) is 11.2. The summed E-state index contributed by atoms with van der Waals surface area (Å²) in [5.74, 6) is -1.12. The number of carbonyl (C=O) groups is 1. The van der Waals surface area contributed by atoms with Crippen LogP contribution >= 0.6 is 0 Å². The van der Waals surface area contributed by atoms with Gasteiger partial charge >= 0.3 is 5.97 Å². The van der Waals surface area contributed by atoms with Crippen molar-refractivity contribution >= 4 is 16.0 Å². The van der Waals surface area contributed by atoms with E-state index in [-0.39, 0.29) is 17.4 Å². The van der Waals surface area contributed by atoms with Gasteiger partial charge in [-0.15, -0.1) is 0 Å². The average molecular weight is 470 g/mol. The van der Waals surface area contributed by atoms with Crippen LogP contribution in [0.4, 0.5) is 0 Å². The first-order valence-corrected chi connectivity index (χ1v) is 12.7. The van der Waals surface area contributed by atoms with E-state index >= 15 is 0 Å². The van der Waals surface area contributed by atoms with Gasteiger partial charge in [-0.05, 0) is 75.7 Å². The molecule has 0 fully saturated rings. The Morgan fingerprint density at radius 2 is 1.85 bits per heavy atom. The molecule has 0 aliphatic heterocycles. The standard InChI is InChI=1S/C27H35NO4S/c1-21(24-14-10-5-6-11-15-24)16-17-22(2)33(31,32)28-19-18-25(27(3,4)26(29)30)20-23-12-8-7-9-13-23/h5-10,12-17,25,28H,11,18-20H2,1-4H3,(H,29,30)/b21-16+,22-17+. The Morgan fingerprint density at radius 1 is 1.15 bits per heavy atom. The SMILES string of the molecule is C/C(=C\C=C(/C)S(=O)(=O)NCCC(Cc1ccccc1)C(C)(C)C(=O)O)C1=CCC=CC=C1. The zero-order valence-electron chi connectivity index (χ0n) is 19.9. The van der Waals surface area contributed by atoms with Crippen molar-refractivity contribution in [1.29, 1.82) is 0 Å². The summed E-state index contributed by atoms with van der Waals surface area (Å²) >= 11 is 0. The van der Waals surface area contributed by atoms with Crippen molar-refractivity contribution in [2.24, 2.45) is 11.3 Å². The molecule has 1 atom stereocenters. The molecule has 0 bridgehead atoms. The first-order chi connectivity index (χ1) is 15.5. The van der Waals surface area contributed by atoms with Gasteiger partial charge in [0.2, 0.25) is 10.0 Å². The number of sulfonamides is 1. The number of carboxylic acids is 1. The number of benzene rings is 1. The molecule has 0 aromatic heterocycles. The maximum Gasteiger partial charge on any atom is 0.309 e. The molecule has 1 aliphatic rings. The molecule has 0 spiro atoms. The molecule has 33 heavy (non-hydrogen) atoms. The highest BCUT2D eigenvalue weighted by atomic mass is 32.2. The van der Waals surface area contributed by atoms with Gasteiger partial charge in [-0.3, -0.25) is 4.79 Å². The Hall–Kier alpha value is -2.70. The lowest BCUT2D eigenvalue weighted by molar-refractivity contribution is -0.150. The lowest BCUT2D eigenvalue weighted by Crippen LogP contribution is -2.37. The zero-order valence-corrected chi connectivity index (χ0v) is 20.7. The Morgan fingerprint density at radius 3 is 2.52 bits per heavy atom. The number of allylic oxidation sites excluding steroid dienone is 10. The van der Waals surface area contributed by atoms with E-state index in [2.05, 4.69) is 16.9 Å². The van der Waals surface area contributed by atoms with Crippen molar-refractivity contribution in [2.45, 2.75) is 47.0 Å². The van der Waals surface area contributed by atoms with E-state index in [9.17, 15) is 18.3 Å². The summed E-state index contributed by atoms with van der Waals surface area (Å²) in [6.45, 7) is 7.08. The number of nitrogens with one attached hydrogen (secondary N) is 1. The third-order valence-corrected chi connectivity index (χ3v) is 7.69. The highest BCUT2D eigenvalue weighted by molar-refractivity contribution is 7.93. The van der Waals surface area contributed by atoms with Crippen molar-refractivity contribution in [1.82, 2.24) is 4.72 Å². The fourth-order valence-corrected chi connectivity index (χ4v) is 4.43. The molecule has 2 rings (SSSR count). The van der Waals surface area contributed by atoms with Gasteiger partial charge in [0.15, 0.2) is 0 Å². The van der Waals surface area contributed by atoms with E-state index < -0.39 is 21.4 Å². The van der Waals surface area contributed by atoms with Gasteiger partial charge in [-0.25, -0.2) is 13.1 Å². The minimum absolute atomic E-state index is 0.171. The largest absolute Gasteiger partial charge is 0.481 e. The van der Waals surface area contributed by atoms with Crippen molar-refractivity contribution < 1.29 is 18.3 Å². The third kappa shape index (κ3) is 7.98. The minimum atomic E-state index is -3.66. The minimum Gasteiger partial charge on any atom is -0.481 e. The number of hydrogen-bond acceptors (Lipinski definition) is 3. The molecule has 2 N–H and O–H groups in total. The molecule has 6 heteroatoms. The predicted octanol–water partition coefficient (Wildman–Crippen LogP) is 5.56. The quantitative estimate of drug-likeness (QED) is 0.416. The highest BCUT2D eigenvalue weighted by Gasteiger charge is 2.36. The van der Waals surface area contributed by atoms with Crippen LogP contribution in [0.1, 0.15) is 46.1 Å². The van der Waals surface area contributed by atoms with Crippen LogP contribution in [-0.4, -0.2) is 26.0 Å². The Labute approximate surface area is 198 Å². The summed E-state index contributed by atoms with van der Waals surface area (Å²) in [5, 5.41) is 9.72. The van der Waals surface area contributed by atoms with Crippen molar-refractivity contribution in [3.63, 3.8) is 0 Å². The molecule has 0 saturated heterocycles. The Balaban J connectivity index is 2.06. The van der Waals surface area contributed by atoms with Gasteiger partial charge in [0.25, 0.3) is 0 Å². The summed E-state index contributed by atoms with van der Waals surface area (Å²) in [6, 6.07) is 9.69. The van der Waals surface area contributed by atoms with Gasteiger partial charge in [0.05, 0.1) is 10.3 Å². The van der Waals surface area contributed by atoms with Gasteiger partial charge < -0.3 is 5.11 Å². The second-order valence-corrected chi connectivity index (χ2v) is 10.8. The molecule has 1 aromatic carbocycles.